The molecule has 7 rings (SSSR count). The maximum absolute atomic E-state index is 14.3. The van der Waals surface area contributed by atoms with Gasteiger partial charge < -0.3 is 44.3 Å². The number of hydrogen-bond acceptors (Lipinski definition) is 11. The lowest BCUT2D eigenvalue weighted by Gasteiger charge is -2.44. The Labute approximate surface area is 446 Å². The average Bonchev–Trinajstić information content (AvgIpc) is 4.02. The van der Waals surface area contributed by atoms with Crippen molar-refractivity contribution < 1.29 is 32.7 Å². The summed E-state index contributed by atoms with van der Waals surface area (Å²) >= 11 is 1.91. The van der Waals surface area contributed by atoms with E-state index >= 15 is 0 Å². The highest BCUT2D eigenvalue weighted by atomic mass is 32.2. The highest BCUT2D eigenvalue weighted by molar-refractivity contribution is 8.00. The van der Waals surface area contributed by atoms with E-state index in [0.29, 0.717) is 30.6 Å². The molecule has 0 spiro atoms. The second-order valence-corrected chi connectivity index (χ2v) is 34.0. The van der Waals surface area contributed by atoms with Gasteiger partial charge in [0.2, 0.25) is 5.91 Å². The molecule has 404 valence electrons. The monoisotopic (exact) mass is 1070 g/mol. The van der Waals surface area contributed by atoms with Crippen molar-refractivity contribution in [1.29, 1.82) is 0 Å². The topological polar surface area (TPSA) is 163 Å². The zero-order valence-corrected chi connectivity index (χ0v) is 48.6. The molecular formula is C57H84N6O8SSi2. The minimum atomic E-state index is -2.53. The van der Waals surface area contributed by atoms with Gasteiger partial charge in [0.05, 0.1) is 25.8 Å². The van der Waals surface area contributed by atoms with Crippen LogP contribution in [0.15, 0.2) is 102 Å². The van der Waals surface area contributed by atoms with Crippen molar-refractivity contribution in [2.24, 2.45) is 0 Å². The number of carbonyl (C=O) groups excluding carboxylic acids is 2. The molecule has 14 nitrogen and oxygen atoms in total. The van der Waals surface area contributed by atoms with Crippen molar-refractivity contribution in [3.8, 4) is 5.75 Å². The molecular weight excluding hydrogens is 985 g/mol. The smallest absolute Gasteiger partial charge is 0.351 e. The standard InChI is InChI=1S/C57H84N6O8SSi2/c1-55(2,3)73(8,9)70-50-45(38-68-57(40-24-16-14-17-25-40,41-26-18-15-19-27-41)42-30-32-43(67-7)33-31-42)69-52(51(50)71-74(10,11)56(4,5)6)63-37-34-47(61-54(63)66)58-35-22-12-13-23-36-59-48(64)29-21-20-28-46-49-44(39-72-46)60-53(65)62-49/h14-19,24-27,30-34,37,44-46,49-52H,12-13,20-23,28-29,35-36,38-39H2,1-11H3,(H,59,64)(H,58,61,66)(H2,60,62,65)/t44-,45+,46-,49-,50+,51+,52+/m0/s1. The number of nitrogens with zero attached hydrogens (tertiary/aromatic N) is 2. The van der Waals surface area contributed by atoms with Crippen LogP contribution in [0, 0.1) is 0 Å². The summed E-state index contributed by atoms with van der Waals surface area (Å²) in [4.78, 5) is 43.1. The van der Waals surface area contributed by atoms with E-state index in [2.05, 4.69) is 130 Å². The van der Waals surface area contributed by atoms with Crippen molar-refractivity contribution >= 4 is 46.2 Å². The maximum Gasteiger partial charge on any atom is 0.351 e. The molecule has 3 aliphatic heterocycles. The van der Waals surface area contributed by atoms with Gasteiger partial charge in [-0.05, 0) is 96.8 Å². The zero-order valence-electron chi connectivity index (χ0n) is 45.8. The number of hydrogen-bond donors (Lipinski definition) is 4. The molecule has 0 radical (unpaired) electrons. The third kappa shape index (κ3) is 13.7. The fraction of sp³-hybridized carbons (Fsp3) is 0.579. The predicted molar refractivity (Wildman–Crippen MR) is 302 cm³/mol. The van der Waals surface area contributed by atoms with Crippen LogP contribution >= 0.6 is 11.8 Å². The van der Waals surface area contributed by atoms with Gasteiger partial charge in [0.25, 0.3) is 0 Å². The Morgan fingerprint density at radius 3 is 1.95 bits per heavy atom. The van der Waals surface area contributed by atoms with E-state index in [4.69, 9.17) is 23.1 Å². The Hall–Kier alpha value is -4.50. The van der Waals surface area contributed by atoms with E-state index in [-0.39, 0.29) is 40.7 Å². The number of amides is 3. The quantitative estimate of drug-likeness (QED) is 0.0216. The zero-order chi connectivity index (χ0) is 53.3. The van der Waals surface area contributed by atoms with Crippen molar-refractivity contribution in [3.05, 3.63) is 124 Å². The number of urea groups is 1. The molecule has 3 aliphatic rings. The van der Waals surface area contributed by atoms with Gasteiger partial charge in [0.15, 0.2) is 22.9 Å². The number of benzene rings is 3. The number of anilines is 1. The van der Waals surface area contributed by atoms with Crippen LogP contribution in [0.5, 0.6) is 5.75 Å². The molecule has 4 N–H and O–H groups in total. The number of aromatic nitrogens is 2. The molecule has 3 aromatic carbocycles. The molecule has 1 aromatic heterocycles. The molecule has 0 unspecified atom stereocenters. The lowest BCUT2D eigenvalue weighted by atomic mass is 9.80. The summed E-state index contributed by atoms with van der Waals surface area (Å²) in [6.45, 7) is 23.7. The summed E-state index contributed by atoms with van der Waals surface area (Å²) in [6, 6.07) is 30.8. The van der Waals surface area contributed by atoms with Gasteiger partial charge in [0, 0.05) is 36.7 Å². The van der Waals surface area contributed by atoms with Gasteiger partial charge >= 0.3 is 11.7 Å². The number of nitrogens with one attached hydrogen (secondary N) is 4. The van der Waals surface area contributed by atoms with Gasteiger partial charge in [-0.2, -0.15) is 16.7 Å². The molecule has 3 fully saturated rings. The Morgan fingerprint density at radius 1 is 0.757 bits per heavy atom. The fourth-order valence-electron chi connectivity index (χ4n) is 9.61. The minimum absolute atomic E-state index is 0.0612. The van der Waals surface area contributed by atoms with Crippen molar-refractivity contribution in [1.82, 2.24) is 25.5 Å². The molecule has 0 aliphatic carbocycles. The highest BCUT2D eigenvalue weighted by Gasteiger charge is 2.55. The van der Waals surface area contributed by atoms with Gasteiger partial charge in [-0.1, -0.05) is 134 Å². The lowest BCUT2D eigenvalue weighted by molar-refractivity contribution is -0.121. The van der Waals surface area contributed by atoms with Gasteiger partial charge in [-0.3, -0.25) is 9.36 Å². The van der Waals surface area contributed by atoms with Gasteiger partial charge in [0.1, 0.15) is 35.5 Å². The van der Waals surface area contributed by atoms with Crippen LogP contribution in [0.4, 0.5) is 10.6 Å². The van der Waals surface area contributed by atoms with E-state index in [1.807, 2.05) is 66.4 Å². The minimum Gasteiger partial charge on any atom is -0.497 e. The summed E-state index contributed by atoms with van der Waals surface area (Å²) in [7, 11) is -3.37. The number of methoxy groups -OCH3 is 1. The molecule has 0 bridgehead atoms. The second kappa shape index (κ2) is 24.7. The summed E-state index contributed by atoms with van der Waals surface area (Å²) < 4.78 is 36.7. The van der Waals surface area contributed by atoms with Crippen LogP contribution in [0.25, 0.3) is 0 Å². The van der Waals surface area contributed by atoms with Crippen LogP contribution in [0.3, 0.4) is 0 Å². The van der Waals surface area contributed by atoms with E-state index in [0.717, 1.165) is 73.1 Å². The van der Waals surface area contributed by atoms with Crippen molar-refractivity contribution in [3.63, 3.8) is 0 Å². The number of rotatable bonds is 25. The molecule has 7 atom stereocenters. The van der Waals surface area contributed by atoms with E-state index in [1.165, 1.54) is 0 Å². The summed E-state index contributed by atoms with van der Waals surface area (Å²) in [5, 5.41) is 12.6. The third-order valence-electron chi connectivity index (χ3n) is 16.0. The SMILES string of the molecule is COc1ccc(C(OC[C@H]2O[C@@H](n3ccc(NCCCCCCNC(=O)CCCC[C@@H]4SC[C@@H]5NC(=O)N[C@@H]54)nc3=O)[C@H](O[Si](C)(C)C(C)(C)C)[C@@H]2O[Si](C)(C)C(C)(C)C)(c2ccccc2)c2ccccc2)cc1. The molecule has 74 heavy (non-hydrogen) atoms. The van der Waals surface area contributed by atoms with Crippen molar-refractivity contribution in [2.45, 2.75) is 177 Å². The number of unbranched alkanes of at least 4 members (excludes halogenated alkanes) is 4. The predicted octanol–water partition coefficient (Wildman–Crippen LogP) is 10.8. The average molecular weight is 1070 g/mol. The van der Waals surface area contributed by atoms with Gasteiger partial charge in [-0.25, -0.2) is 9.59 Å². The lowest BCUT2D eigenvalue weighted by Crippen LogP contribution is -2.54. The van der Waals surface area contributed by atoms with Crippen LogP contribution in [0.2, 0.25) is 36.3 Å². The van der Waals surface area contributed by atoms with Crippen LogP contribution in [-0.2, 0) is 28.7 Å². The summed E-state index contributed by atoms with van der Waals surface area (Å²) in [5.41, 5.74) is 1.31. The number of fused-ring (bicyclic) bond motifs is 1. The van der Waals surface area contributed by atoms with E-state index in [1.54, 1.807) is 17.9 Å². The fourth-order valence-corrected chi connectivity index (χ4v) is 13.8. The summed E-state index contributed by atoms with van der Waals surface area (Å²) in [6.07, 6.45) is 6.12. The normalized spacial score (nSPS) is 22.3. The first kappa shape index (κ1) is 57.2. The summed E-state index contributed by atoms with van der Waals surface area (Å²) in [5.74, 6) is 2.29. The first-order valence-electron chi connectivity index (χ1n) is 26.8. The molecule has 4 aromatic rings. The van der Waals surface area contributed by atoms with Crippen LogP contribution < -0.4 is 31.7 Å². The van der Waals surface area contributed by atoms with E-state index in [9.17, 15) is 14.4 Å². The highest BCUT2D eigenvalue weighted by Crippen LogP contribution is 2.47. The first-order chi connectivity index (χ1) is 35.1. The Bertz CT molecular complexity index is 2470. The molecule has 3 amide bonds. The molecule has 4 heterocycles. The second-order valence-electron chi connectivity index (χ2n) is 23.3. The molecule has 17 heteroatoms. The Balaban J connectivity index is 1.03. The van der Waals surface area contributed by atoms with Crippen LogP contribution in [-0.4, -0.2) is 106 Å². The van der Waals surface area contributed by atoms with Crippen molar-refractivity contribution in [2.75, 3.05) is 37.9 Å². The number of thioether (sulfide) groups is 1. The Kier molecular flexibility index (Phi) is 19.1. The maximum atomic E-state index is 14.3. The van der Waals surface area contributed by atoms with E-state index < -0.39 is 52.5 Å². The largest absolute Gasteiger partial charge is 0.497 e. The van der Waals surface area contributed by atoms with Gasteiger partial charge in [-0.15, -0.1) is 0 Å². The molecule has 3 saturated heterocycles. The molecule has 0 saturated carbocycles. The first-order valence-corrected chi connectivity index (χ1v) is 33.7. The number of ether oxygens (including phenoxy) is 3. The number of carbonyl (C=O) groups is 2. The Morgan fingerprint density at radius 2 is 1.35 bits per heavy atom. The third-order valence-corrected chi connectivity index (χ3v) is 26.5. The van der Waals surface area contributed by atoms with Crippen LogP contribution in [0.1, 0.15) is 116 Å².